The van der Waals surface area contributed by atoms with E-state index in [0.717, 1.165) is 17.0 Å². The van der Waals surface area contributed by atoms with Crippen molar-refractivity contribution in [1.82, 2.24) is 20.2 Å². The molecule has 0 atom stereocenters. The Labute approximate surface area is 161 Å². The zero-order valence-electron chi connectivity index (χ0n) is 14.7. The van der Waals surface area contributed by atoms with E-state index in [4.69, 9.17) is 0 Å². The Morgan fingerprint density at radius 2 is 1.93 bits per heavy atom. The van der Waals surface area contributed by atoms with Gasteiger partial charge in [-0.15, -0.1) is 10.2 Å². The van der Waals surface area contributed by atoms with Crippen molar-refractivity contribution in [2.75, 3.05) is 5.75 Å². The lowest BCUT2D eigenvalue weighted by Gasteiger charge is -2.06. The molecule has 7 nitrogen and oxygen atoms in total. The number of hydrogen-bond donors (Lipinski definition) is 2. The first-order chi connectivity index (χ1) is 13.2. The van der Waals surface area contributed by atoms with Crippen LogP contribution in [-0.2, 0) is 11.3 Å². The van der Waals surface area contributed by atoms with E-state index in [1.165, 1.54) is 18.0 Å². The zero-order chi connectivity index (χ0) is 19.1. The Bertz CT molecular complexity index is 923. The van der Waals surface area contributed by atoms with Crippen molar-refractivity contribution in [3.63, 3.8) is 0 Å². The van der Waals surface area contributed by atoms with Gasteiger partial charge in [0.1, 0.15) is 5.75 Å². The molecule has 0 fully saturated rings. The standard InChI is InChI=1S/C19H19N5O2S/c1-2-24-18(15-6-4-3-5-7-15)22-23-19(24)27-13-17(26)21-20-12-14-8-10-16(25)11-9-14/h3-12,25H,2,13H2,1H3,(H,21,26)/b20-12+. The minimum atomic E-state index is -0.234. The number of nitrogens with one attached hydrogen (secondary N) is 1. The van der Waals surface area contributed by atoms with Gasteiger partial charge in [-0.1, -0.05) is 42.1 Å². The van der Waals surface area contributed by atoms with E-state index in [1.54, 1.807) is 24.3 Å². The molecule has 27 heavy (non-hydrogen) atoms. The molecule has 0 saturated heterocycles. The highest BCUT2D eigenvalue weighted by Crippen LogP contribution is 2.23. The van der Waals surface area contributed by atoms with Crippen LogP contribution >= 0.6 is 11.8 Å². The molecule has 1 aromatic heterocycles. The smallest absolute Gasteiger partial charge is 0.250 e. The van der Waals surface area contributed by atoms with Gasteiger partial charge in [-0.25, -0.2) is 5.43 Å². The predicted molar refractivity (Wildman–Crippen MR) is 106 cm³/mol. The van der Waals surface area contributed by atoms with E-state index >= 15 is 0 Å². The van der Waals surface area contributed by atoms with E-state index in [9.17, 15) is 9.90 Å². The lowest BCUT2D eigenvalue weighted by Crippen LogP contribution is -2.20. The molecule has 2 aromatic carbocycles. The third kappa shape index (κ3) is 4.95. The molecule has 2 N–H and O–H groups in total. The molecule has 0 aliphatic heterocycles. The number of hydrogen-bond acceptors (Lipinski definition) is 6. The van der Waals surface area contributed by atoms with Crippen molar-refractivity contribution in [1.29, 1.82) is 0 Å². The summed E-state index contributed by atoms with van der Waals surface area (Å²) in [5, 5.41) is 22.3. The molecule has 0 spiro atoms. The monoisotopic (exact) mass is 381 g/mol. The van der Waals surface area contributed by atoms with Crippen molar-refractivity contribution in [2.45, 2.75) is 18.6 Å². The van der Waals surface area contributed by atoms with Crippen LogP contribution in [0, 0.1) is 0 Å². The average molecular weight is 381 g/mol. The van der Waals surface area contributed by atoms with Crippen LogP contribution in [0.3, 0.4) is 0 Å². The summed E-state index contributed by atoms with van der Waals surface area (Å²) in [7, 11) is 0. The Morgan fingerprint density at radius 1 is 1.19 bits per heavy atom. The number of hydrazone groups is 1. The SMILES string of the molecule is CCn1c(SCC(=O)N/N=C/c2ccc(O)cc2)nnc1-c1ccccc1. The number of thioether (sulfide) groups is 1. The fourth-order valence-corrected chi connectivity index (χ4v) is 3.18. The van der Waals surface area contributed by atoms with Crippen LogP contribution in [0.25, 0.3) is 11.4 Å². The highest BCUT2D eigenvalue weighted by molar-refractivity contribution is 7.99. The van der Waals surface area contributed by atoms with E-state index in [-0.39, 0.29) is 17.4 Å². The van der Waals surface area contributed by atoms with Gasteiger partial charge < -0.3 is 9.67 Å². The van der Waals surface area contributed by atoms with Crippen LogP contribution in [0.1, 0.15) is 12.5 Å². The number of carbonyl (C=O) groups is 1. The summed E-state index contributed by atoms with van der Waals surface area (Å²) in [6.07, 6.45) is 1.52. The minimum absolute atomic E-state index is 0.180. The first-order valence-electron chi connectivity index (χ1n) is 8.39. The van der Waals surface area contributed by atoms with Crippen LogP contribution in [0.4, 0.5) is 0 Å². The maximum Gasteiger partial charge on any atom is 0.250 e. The lowest BCUT2D eigenvalue weighted by atomic mass is 10.2. The largest absolute Gasteiger partial charge is 0.508 e. The van der Waals surface area contributed by atoms with Crippen LogP contribution in [0.2, 0.25) is 0 Å². The first kappa shape index (κ1) is 18.7. The summed E-state index contributed by atoms with van der Waals surface area (Å²) >= 11 is 1.31. The first-order valence-corrected chi connectivity index (χ1v) is 9.38. The summed E-state index contributed by atoms with van der Waals surface area (Å²) < 4.78 is 1.98. The minimum Gasteiger partial charge on any atom is -0.508 e. The molecule has 0 radical (unpaired) electrons. The molecule has 0 unspecified atom stereocenters. The van der Waals surface area contributed by atoms with Crippen molar-refractivity contribution in [3.8, 4) is 17.1 Å². The number of amides is 1. The second kappa shape index (κ2) is 9.00. The molecule has 3 aromatic rings. The molecular formula is C19H19N5O2S. The molecule has 0 aliphatic rings. The van der Waals surface area contributed by atoms with Gasteiger partial charge in [0, 0.05) is 12.1 Å². The summed E-state index contributed by atoms with van der Waals surface area (Å²) in [6.45, 7) is 2.72. The van der Waals surface area contributed by atoms with Crippen LogP contribution < -0.4 is 5.43 Å². The Hall–Kier alpha value is -3.13. The molecule has 3 rings (SSSR count). The normalized spacial score (nSPS) is 11.0. The number of benzene rings is 2. The van der Waals surface area contributed by atoms with Gasteiger partial charge in [0.2, 0.25) is 0 Å². The number of rotatable bonds is 7. The topological polar surface area (TPSA) is 92.4 Å². The highest BCUT2D eigenvalue weighted by atomic mass is 32.2. The van der Waals surface area contributed by atoms with Crippen molar-refractivity contribution in [3.05, 3.63) is 60.2 Å². The fourth-order valence-electron chi connectivity index (χ4n) is 2.38. The predicted octanol–water partition coefficient (Wildman–Crippen LogP) is 2.91. The van der Waals surface area contributed by atoms with Crippen molar-refractivity contribution < 1.29 is 9.90 Å². The maximum absolute atomic E-state index is 12.0. The van der Waals surface area contributed by atoms with Crippen LogP contribution in [-0.4, -0.2) is 37.7 Å². The fraction of sp³-hybridized carbons (Fsp3) is 0.158. The van der Waals surface area contributed by atoms with Gasteiger partial charge in [0.15, 0.2) is 11.0 Å². The van der Waals surface area contributed by atoms with Crippen LogP contribution in [0.15, 0.2) is 64.9 Å². The Morgan fingerprint density at radius 3 is 2.63 bits per heavy atom. The van der Waals surface area contributed by atoms with E-state index < -0.39 is 0 Å². The van der Waals surface area contributed by atoms with Gasteiger partial charge in [-0.3, -0.25) is 4.79 Å². The van der Waals surface area contributed by atoms with E-state index in [2.05, 4.69) is 20.7 Å². The number of aromatic nitrogens is 3. The molecule has 0 aliphatic carbocycles. The summed E-state index contributed by atoms with van der Waals surface area (Å²) in [5.41, 5.74) is 4.25. The summed E-state index contributed by atoms with van der Waals surface area (Å²) in [5.74, 6) is 0.913. The van der Waals surface area contributed by atoms with Gasteiger partial charge in [0.05, 0.1) is 12.0 Å². The van der Waals surface area contributed by atoms with E-state index in [1.807, 2.05) is 41.8 Å². The van der Waals surface area contributed by atoms with Gasteiger partial charge in [0.25, 0.3) is 5.91 Å². The summed E-state index contributed by atoms with van der Waals surface area (Å²) in [6, 6.07) is 16.3. The van der Waals surface area contributed by atoms with E-state index in [0.29, 0.717) is 11.7 Å². The van der Waals surface area contributed by atoms with Crippen molar-refractivity contribution in [2.24, 2.45) is 5.10 Å². The van der Waals surface area contributed by atoms with Gasteiger partial charge in [-0.05, 0) is 36.8 Å². The molecular weight excluding hydrogens is 362 g/mol. The third-order valence-electron chi connectivity index (χ3n) is 3.69. The zero-order valence-corrected chi connectivity index (χ0v) is 15.6. The second-order valence-electron chi connectivity index (χ2n) is 5.59. The third-order valence-corrected chi connectivity index (χ3v) is 4.66. The number of nitrogens with zero attached hydrogens (tertiary/aromatic N) is 4. The number of phenolic OH excluding ortho intramolecular Hbond substituents is 1. The Kier molecular flexibility index (Phi) is 6.22. The summed E-state index contributed by atoms with van der Waals surface area (Å²) in [4.78, 5) is 12.0. The average Bonchev–Trinajstić information content (AvgIpc) is 3.11. The van der Waals surface area contributed by atoms with Crippen LogP contribution in [0.5, 0.6) is 5.75 Å². The second-order valence-corrected chi connectivity index (χ2v) is 6.53. The maximum atomic E-state index is 12.0. The quantitative estimate of drug-likeness (QED) is 0.373. The molecule has 8 heteroatoms. The van der Waals surface area contributed by atoms with Crippen molar-refractivity contribution >= 4 is 23.9 Å². The van der Waals surface area contributed by atoms with Gasteiger partial charge >= 0.3 is 0 Å². The molecule has 1 heterocycles. The number of carbonyl (C=O) groups excluding carboxylic acids is 1. The lowest BCUT2D eigenvalue weighted by molar-refractivity contribution is -0.118. The van der Waals surface area contributed by atoms with Gasteiger partial charge in [-0.2, -0.15) is 5.10 Å². The molecule has 138 valence electrons. The number of phenols is 1. The number of aromatic hydroxyl groups is 1. The molecule has 0 bridgehead atoms. The molecule has 0 saturated carbocycles. The highest BCUT2D eigenvalue weighted by Gasteiger charge is 2.14. The molecule has 1 amide bonds. The Balaban J connectivity index is 1.57.